The van der Waals surface area contributed by atoms with Gasteiger partial charge in [0.25, 0.3) is 0 Å². The molecule has 10 N–H and O–H groups in total. The van der Waals surface area contributed by atoms with E-state index in [4.69, 9.17) is 11.5 Å². The van der Waals surface area contributed by atoms with Crippen LogP contribution in [0.3, 0.4) is 0 Å². The highest BCUT2D eigenvalue weighted by atomic mass is 16.2. The number of hydrogen-bond acceptors (Lipinski definition) is 10. The summed E-state index contributed by atoms with van der Waals surface area (Å²) in [5, 5.41) is 18.3. The van der Waals surface area contributed by atoms with Crippen molar-refractivity contribution < 1.29 is 38.4 Å². The molecule has 3 aliphatic heterocycles. The molecule has 2 saturated heterocycles. The predicted octanol–water partition coefficient (Wildman–Crippen LogP) is 5.38. The number of carbonyl (C=O) groups excluding carboxylic acids is 8. The van der Waals surface area contributed by atoms with Crippen LogP contribution < -0.4 is 43.4 Å². The van der Waals surface area contributed by atoms with Crippen molar-refractivity contribution >= 4 is 47.3 Å². The maximum Gasteiger partial charge on any atom is 0.243 e. The van der Waals surface area contributed by atoms with E-state index >= 15 is 9.59 Å². The molecule has 8 amide bonds. The lowest BCUT2D eigenvalue weighted by Gasteiger charge is -2.32. The summed E-state index contributed by atoms with van der Waals surface area (Å²) < 4.78 is 0. The van der Waals surface area contributed by atoms with Crippen molar-refractivity contribution in [2.45, 2.75) is 195 Å². The molecule has 0 saturated carbocycles. The number of fused-ring (bicyclic) bond motifs is 2. The lowest BCUT2D eigenvalue weighted by atomic mass is 9.90. The molecule has 0 radical (unpaired) electrons. The van der Waals surface area contributed by atoms with E-state index in [1.54, 1.807) is 9.80 Å². The van der Waals surface area contributed by atoms with E-state index in [0.29, 0.717) is 77.3 Å². The fraction of sp³-hybridized carbons (Fsp3) is 0.625. The maximum absolute atomic E-state index is 15.1. The number of carbonyl (C=O) groups is 8. The van der Waals surface area contributed by atoms with Crippen LogP contribution in [0.1, 0.15) is 145 Å². The summed E-state index contributed by atoms with van der Waals surface area (Å²) in [5.41, 5.74) is 15.2. The van der Waals surface area contributed by atoms with E-state index in [1.165, 1.54) is 0 Å². The molecule has 2 aromatic carbocycles. The third-order valence-electron chi connectivity index (χ3n) is 16.1. The Morgan fingerprint density at radius 3 is 1.12 bits per heavy atom. The van der Waals surface area contributed by atoms with Crippen LogP contribution in [0.5, 0.6) is 0 Å². The monoisotopic (exact) mass is 1130 g/mol. The Balaban J connectivity index is 1.62. The quantitative estimate of drug-likeness (QED) is 0.0995. The number of amides is 8. The van der Waals surface area contributed by atoms with Gasteiger partial charge in [0.2, 0.25) is 47.3 Å². The number of nitrogens with two attached hydrogens (primary N) is 2. The zero-order valence-electron chi connectivity index (χ0n) is 50.6. The third kappa shape index (κ3) is 19.3. The Hall–Kier alpha value is -6.40. The molecule has 0 aliphatic carbocycles. The number of hydrogen-bond donors (Lipinski definition) is 8. The van der Waals surface area contributed by atoms with Crippen LogP contribution >= 0.6 is 0 Å². The van der Waals surface area contributed by atoms with Crippen LogP contribution in [0, 0.1) is 35.5 Å². The number of rotatable bonds is 16. The topological polar surface area (TPSA) is 267 Å². The van der Waals surface area contributed by atoms with Crippen LogP contribution in [0.2, 0.25) is 0 Å². The molecular weight excluding hydrogens is 1040 g/mol. The fourth-order valence-electron chi connectivity index (χ4n) is 11.5. The van der Waals surface area contributed by atoms with Gasteiger partial charge in [-0.1, -0.05) is 139 Å². The zero-order chi connectivity index (χ0) is 60.2. The van der Waals surface area contributed by atoms with Crippen molar-refractivity contribution in [3.8, 4) is 0 Å². The minimum atomic E-state index is -1.06. The Kier molecular flexibility index (Phi) is 26.3. The van der Waals surface area contributed by atoms with Gasteiger partial charge in [0.1, 0.15) is 36.3 Å². The van der Waals surface area contributed by atoms with Gasteiger partial charge in [0.05, 0.1) is 23.9 Å². The van der Waals surface area contributed by atoms with Gasteiger partial charge in [-0.3, -0.25) is 38.4 Å². The molecule has 2 aromatic rings. The van der Waals surface area contributed by atoms with Gasteiger partial charge in [-0.25, -0.2) is 0 Å². The van der Waals surface area contributed by atoms with E-state index < -0.39 is 107 Å². The summed E-state index contributed by atoms with van der Waals surface area (Å²) in [7, 11) is 0. The highest BCUT2D eigenvalue weighted by Gasteiger charge is 2.42. The van der Waals surface area contributed by atoms with Gasteiger partial charge in [0.15, 0.2) is 0 Å². The summed E-state index contributed by atoms with van der Waals surface area (Å²) in [6.45, 7) is 20.3. The second-order valence-electron chi connectivity index (χ2n) is 24.6. The van der Waals surface area contributed by atoms with Crippen molar-refractivity contribution in [1.82, 2.24) is 41.7 Å². The lowest BCUT2D eigenvalue weighted by Crippen LogP contribution is -2.59. The molecule has 18 heteroatoms. The van der Waals surface area contributed by atoms with Crippen LogP contribution in [-0.2, 0) is 51.2 Å². The maximum atomic E-state index is 15.1. The molecule has 5 rings (SSSR count). The smallest absolute Gasteiger partial charge is 0.243 e. The zero-order valence-corrected chi connectivity index (χ0v) is 50.6. The van der Waals surface area contributed by atoms with Crippen molar-refractivity contribution in [2.24, 2.45) is 47.0 Å². The SMILES string of the molecule is C/C1=C\[C@H](Cc2ccccc2)C(=O)N2CCC[C@H]2C(=O)N[C@@H](C(C)C)C(=O)N[C@@H](CCCN)C(=O)NC(CC(C)C)/C(C)=C/[C@H](Cc2ccccc2)C(=O)N2CCC[C@H]2C(=O)N[C@@H](C(C)C)C(=O)N[C@@H](CCCN)C(=O)NC1CC(C)C. The molecule has 0 aromatic heterocycles. The van der Waals surface area contributed by atoms with Crippen LogP contribution in [0.25, 0.3) is 0 Å². The molecule has 0 bridgehead atoms. The average molecular weight is 1140 g/mol. The second kappa shape index (κ2) is 32.4. The van der Waals surface area contributed by atoms with Gasteiger partial charge < -0.3 is 53.2 Å². The minimum Gasteiger partial charge on any atom is -0.348 e. The Morgan fingerprint density at radius 2 is 0.805 bits per heavy atom. The van der Waals surface area contributed by atoms with Crippen molar-refractivity contribution in [2.75, 3.05) is 26.2 Å². The summed E-state index contributed by atoms with van der Waals surface area (Å²) in [4.78, 5) is 121. The molecule has 10 atom stereocenters. The summed E-state index contributed by atoms with van der Waals surface area (Å²) in [6.07, 6.45) is 8.49. The minimum absolute atomic E-state index is 0.0953. The normalized spacial score (nSPS) is 27.9. The molecule has 2 fully saturated rings. The standard InChI is InChI=1S/C64H98N10O8/c1-39(2)33-51-43(9)35-47(37-45-21-13-11-14-22-45)63(81)73-31-19-27-53(73)59(77)72-56(42(7)8)62(80)68-50(26-18-30-66)58(76)70-52(34-40(3)4)44(10)36-48(38-46-23-15-12-16-24-46)64(82)74-32-20-28-54(74)60(78)71-55(41(5)6)61(79)67-49(25-17-29-65)57(75)69-51/h11-16,21-24,35-36,39-42,47-56H,17-20,25-34,37-38,65-66H2,1-10H3,(H,67,79)(H,68,80)(H,69,75)(H,70,76)(H,71,78)(H,72,77)/b43-35+,44-36+/t47-,48-,49+,50+,51?,52?,53+,54+,55+,56+/m1/s1. The van der Waals surface area contributed by atoms with Crippen molar-refractivity contribution in [3.63, 3.8) is 0 Å². The Morgan fingerprint density at radius 1 is 0.463 bits per heavy atom. The number of nitrogens with zero attached hydrogens (tertiary/aromatic N) is 2. The summed E-state index contributed by atoms with van der Waals surface area (Å²) in [5.74, 6) is -5.63. The molecule has 2 unspecified atom stereocenters. The first-order valence-electron chi connectivity index (χ1n) is 30.3. The number of benzene rings is 2. The van der Waals surface area contributed by atoms with Crippen molar-refractivity contribution in [3.05, 3.63) is 95.1 Å². The van der Waals surface area contributed by atoms with Gasteiger partial charge in [0, 0.05) is 13.1 Å². The van der Waals surface area contributed by atoms with Crippen molar-refractivity contribution in [1.29, 1.82) is 0 Å². The first-order chi connectivity index (χ1) is 39.0. The second-order valence-corrected chi connectivity index (χ2v) is 24.6. The molecule has 3 aliphatic rings. The Bertz CT molecular complexity index is 2350. The molecule has 18 nitrogen and oxygen atoms in total. The van der Waals surface area contributed by atoms with E-state index in [-0.39, 0.29) is 49.6 Å². The Labute approximate surface area is 488 Å². The predicted molar refractivity (Wildman–Crippen MR) is 321 cm³/mol. The van der Waals surface area contributed by atoms with Gasteiger partial charge >= 0.3 is 0 Å². The van der Waals surface area contributed by atoms with E-state index in [9.17, 15) is 28.8 Å². The first kappa shape index (κ1) is 66.4. The van der Waals surface area contributed by atoms with Gasteiger partial charge in [-0.05, 0) is 139 Å². The summed E-state index contributed by atoms with van der Waals surface area (Å²) in [6, 6.07) is 12.1. The average Bonchev–Trinajstić information content (AvgIpc) is 4.25. The molecule has 82 heavy (non-hydrogen) atoms. The van der Waals surface area contributed by atoms with E-state index in [1.807, 2.05) is 142 Å². The highest BCUT2D eigenvalue weighted by Crippen LogP contribution is 2.28. The van der Waals surface area contributed by atoms with E-state index in [2.05, 4.69) is 31.9 Å². The fourth-order valence-corrected chi connectivity index (χ4v) is 11.5. The molecule has 0 spiro atoms. The van der Waals surface area contributed by atoms with Crippen LogP contribution in [0.15, 0.2) is 84.0 Å². The summed E-state index contributed by atoms with van der Waals surface area (Å²) >= 11 is 0. The van der Waals surface area contributed by atoms with E-state index in [0.717, 1.165) is 22.3 Å². The van der Waals surface area contributed by atoms with Crippen LogP contribution in [0.4, 0.5) is 0 Å². The third-order valence-corrected chi connectivity index (χ3v) is 16.1. The molecular formula is C64H98N10O8. The molecule has 3 heterocycles. The molecule has 452 valence electrons. The number of nitrogens with one attached hydrogen (secondary N) is 6. The largest absolute Gasteiger partial charge is 0.348 e. The van der Waals surface area contributed by atoms with Gasteiger partial charge in [-0.15, -0.1) is 0 Å². The first-order valence-corrected chi connectivity index (χ1v) is 30.3. The lowest BCUT2D eigenvalue weighted by molar-refractivity contribution is -0.142. The highest BCUT2D eigenvalue weighted by molar-refractivity contribution is 5.97. The van der Waals surface area contributed by atoms with Crippen LogP contribution in [-0.4, -0.2) is 132 Å². The van der Waals surface area contributed by atoms with Gasteiger partial charge in [-0.2, -0.15) is 0 Å².